The number of methoxy groups -OCH3 is 1. The van der Waals surface area contributed by atoms with Crippen molar-refractivity contribution in [3.63, 3.8) is 0 Å². The lowest BCUT2D eigenvalue weighted by atomic mass is 10.2. The first-order valence-corrected chi connectivity index (χ1v) is 6.45. The molecule has 106 valence electrons. The van der Waals surface area contributed by atoms with Gasteiger partial charge in [-0.05, 0) is 47.7 Å². The molecule has 6 nitrogen and oxygen atoms in total. The molecule has 3 rings (SSSR count). The molecule has 0 aliphatic heterocycles. The van der Waals surface area contributed by atoms with Crippen LogP contribution in [-0.2, 0) is 0 Å². The molecule has 0 bridgehead atoms. The quantitative estimate of drug-likeness (QED) is 0.743. The van der Waals surface area contributed by atoms with Crippen LogP contribution in [0.3, 0.4) is 0 Å². The summed E-state index contributed by atoms with van der Waals surface area (Å²) in [7, 11) is 3.57. The summed E-state index contributed by atoms with van der Waals surface area (Å²) in [4.78, 5) is 1.94. The smallest absolute Gasteiger partial charge is 0.166 e. The second kappa shape index (κ2) is 5.24. The number of benzene rings is 2. The van der Waals surface area contributed by atoms with Crippen molar-refractivity contribution in [1.29, 1.82) is 0 Å². The van der Waals surface area contributed by atoms with E-state index in [1.54, 1.807) is 13.2 Å². The van der Waals surface area contributed by atoms with Gasteiger partial charge in [-0.1, -0.05) is 0 Å². The van der Waals surface area contributed by atoms with Gasteiger partial charge in [0.05, 0.1) is 12.6 Å². The molecule has 1 aromatic heterocycles. The molecule has 0 unspecified atom stereocenters. The Morgan fingerprint density at radius 3 is 2.52 bits per heavy atom. The lowest BCUT2D eigenvalue weighted by Gasteiger charge is -2.19. The third kappa shape index (κ3) is 2.43. The molecule has 0 atom stereocenters. The molecule has 0 amide bonds. The molecule has 0 radical (unpaired) electrons. The summed E-state index contributed by atoms with van der Waals surface area (Å²) in [5.74, 6) is 1.51. The minimum atomic E-state index is 0.668. The molecule has 6 heteroatoms. The second-order valence-electron chi connectivity index (χ2n) is 4.65. The van der Waals surface area contributed by atoms with E-state index in [0.29, 0.717) is 11.5 Å². The minimum Gasteiger partial charge on any atom is -0.497 e. The Morgan fingerprint density at radius 2 is 1.81 bits per heavy atom. The number of aromatic nitrogens is 3. The van der Waals surface area contributed by atoms with Crippen LogP contribution < -0.4 is 15.4 Å². The van der Waals surface area contributed by atoms with Gasteiger partial charge in [0.2, 0.25) is 0 Å². The number of fused-ring (bicyclic) bond motifs is 1. The van der Waals surface area contributed by atoms with Crippen molar-refractivity contribution in [2.75, 3.05) is 24.8 Å². The van der Waals surface area contributed by atoms with Gasteiger partial charge in [0.15, 0.2) is 5.82 Å². The summed E-state index contributed by atoms with van der Waals surface area (Å²) < 4.78 is 5.17. The number of rotatable bonds is 3. The van der Waals surface area contributed by atoms with Crippen molar-refractivity contribution in [3.05, 3.63) is 42.5 Å². The van der Waals surface area contributed by atoms with Gasteiger partial charge in [-0.2, -0.15) is 0 Å². The largest absolute Gasteiger partial charge is 0.497 e. The summed E-state index contributed by atoms with van der Waals surface area (Å²) in [5.41, 5.74) is 8.26. The zero-order valence-electron chi connectivity index (χ0n) is 11.8. The normalized spacial score (nSPS) is 10.6. The Bertz CT molecular complexity index is 773. The van der Waals surface area contributed by atoms with Crippen LogP contribution in [0.1, 0.15) is 0 Å². The van der Waals surface area contributed by atoms with E-state index in [-0.39, 0.29) is 0 Å². The van der Waals surface area contributed by atoms with Gasteiger partial charge in [0.1, 0.15) is 5.75 Å². The number of hydrogen-bond acceptors (Lipinski definition) is 6. The van der Waals surface area contributed by atoms with Gasteiger partial charge in [-0.3, -0.25) is 0 Å². The predicted molar refractivity (Wildman–Crippen MR) is 82.8 cm³/mol. The predicted octanol–water partition coefficient (Wildman–Crippen LogP) is 2.38. The number of nitrogen functional groups attached to an aromatic ring is 1. The lowest BCUT2D eigenvalue weighted by molar-refractivity contribution is 0.415. The van der Waals surface area contributed by atoms with Crippen molar-refractivity contribution in [2.45, 2.75) is 0 Å². The van der Waals surface area contributed by atoms with E-state index in [1.807, 2.05) is 48.3 Å². The molecule has 0 spiro atoms. The highest BCUT2D eigenvalue weighted by atomic mass is 16.5. The van der Waals surface area contributed by atoms with Gasteiger partial charge in [0, 0.05) is 23.8 Å². The summed E-state index contributed by atoms with van der Waals surface area (Å²) in [6, 6.07) is 13.2. The maximum atomic E-state index is 5.86. The van der Waals surface area contributed by atoms with Crippen molar-refractivity contribution in [2.24, 2.45) is 0 Å². The fourth-order valence-electron chi connectivity index (χ4n) is 2.16. The van der Waals surface area contributed by atoms with Gasteiger partial charge in [-0.25, -0.2) is 0 Å². The van der Waals surface area contributed by atoms with Crippen LogP contribution in [0.5, 0.6) is 5.75 Å². The van der Waals surface area contributed by atoms with Crippen LogP contribution in [0.25, 0.3) is 10.9 Å². The molecule has 2 aromatic carbocycles. The number of ether oxygens (including phenoxy) is 1. The van der Waals surface area contributed by atoms with Crippen LogP contribution >= 0.6 is 0 Å². The summed E-state index contributed by atoms with van der Waals surface area (Å²) in [6.45, 7) is 0. The Balaban J connectivity index is 2.08. The van der Waals surface area contributed by atoms with E-state index in [1.165, 1.54) is 0 Å². The maximum absolute atomic E-state index is 5.86. The topological polar surface area (TPSA) is 77.2 Å². The van der Waals surface area contributed by atoms with Crippen molar-refractivity contribution in [1.82, 2.24) is 15.4 Å². The van der Waals surface area contributed by atoms with Crippen LogP contribution in [0.15, 0.2) is 42.5 Å². The molecule has 21 heavy (non-hydrogen) atoms. The standard InChI is InChI=1S/C15H15N5O/c1-20(11-4-6-12(21-2)7-5-11)15-13-9-10(16)3-8-14(13)17-19-18-15/h3-9H,16H2,1-2H3. The summed E-state index contributed by atoms with van der Waals surface area (Å²) in [6.07, 6.45) is 0. The monoisotopic (exact) mass is 281 g/mol. The van der Waals surface area contributed by atoms with Crippen molar-refractivity contribution < 1.29 is 4.74 Å². The maximum Gasteiger partial charge on any atom is 0.166 e. The van der Waals surface area contributed by atoms with E-state index >= 15 is 0 Å². The fourth-order valence-corrected chi connectivity index (χ4v) is 2.16. The zero-order valence-corrected chi connectivity index (χ0v) is 11.8. The molecule has 0 aliphatic rings. The Kier molecular flexibility index (Phi) is 3.27. The summed E-state index contributed by atoms with van der Waals surface area (Å²) >= 11 is 0. The van der Waals surface area contributed by atoms with E-state index in [2.05, 4.69) is 15.4 Å². The highest BCUT2D eigenvalue weighted by Gasteiger charge is 2.12. The molecular formula is C15H15N5O. The third-order valence-corrected chi connectivity index (χ3v) is 3.33. The number of nitrogens with two attached hydrogens (primary N) is 1. The average Bonchev–Trinajstić information content (AvgIpc) is 2.53. The molecule has 1 heterocycles. The average molecular weight is 281 g/mol. The molecule has 0 saturated carbocycles. The second-order valence-corrected chi connectivity index (χ2v) is 4.65. The van der Waals surface area contributed by atoms with Gasteiger partial charge in [-0.15, -0.1) is 10.2 Å². The molecule has 2 N–H and O–H groups in total. The highest BCUT2D eigenvalue weighted by Crippen LogP contribution is 2.29. The first-order chi connectivity index (χ1) is 10.2. The van der Waals surface area contributed by atoms with Crippen LogP contribution in [0, 0.1) is 0 Å². The Hall–Kier alpha value is -2.89. The highest BCUT2D eigenvalue weighted by molar-refractivity contribution is 5.92. The van der Waals surface area contributed by atoms with Crippen molar-refractivity contribution >= 4 is 28.1 Å². The van der Waals surface area contributed by atoms with Gasteiger partial charge < -0.3 is 15.4 Å². The molecule has 3 aromatic rings. The van der Waals surface area contributed by atoms with E-state index in [0.717, 1.165) is 22.3 Å². The zero-order chi connectivity index (χ0) is 14.8. The Labute approximate surface area is 122 Å². The van der Waals surface area contributed by atoms with Crippen molar-refractivity contribution in [3.8, 4) is 5.75 Å². The molecule has 0 aliphatic carbocycles. The van der Waals surface area contributed by atoms with E-state index < -0.39 is 0 Å². The van der Waals surface area contributed by atoms with E-state index in [9.17, 15) is 0 Å². The molecule has 0 saturated heterocycles. The number of hydrogen-bond donors (Lipinski definition) is 1. The van der Waals surface area contributed by atoms with Crippen LogP contribution in [0.2, 0.25) is 0 Å². The SMILES string of the molecule is COc1ccc(N(C)c2nnnc3ccc(N)cc23)cc1. The third-order valence-electron chi connectivity index (χ3n) is 3.33. The van der Waals surface area contributed by atoms with Gasteiger partial charge in [0.25, 0.3) is 0 Å². The minimum absolute atomic E-state index is 0.668. The molecular weight excluding hydrogens is 266 g/mol. The lowest BCUT2D eigenvalue weighted by Crippen LogP contribution is -2.13. The first kappa shape index (κ1) is 13.1. The van der Waals surface area contributed by atoms with Gasteiger partial charge >= 0.3 is 0 Å². The van der Waals surface area contributed by atoms with Crippen LogP contribution in [0.4, 0.5) is 17.2 Å². The fraction of sp³-hybridized carbons (Fsp3) is 0.133. The molecule has 0 fully saturated rings. The number of nitrogens with zero attached hydrogens (tertiary/aromatic N) is 4. The Morgan fingerprint density at radius 1 is 1.05 bits per heavy atom. The van der Waals surface area contributed by atoms with Crippen LogP contribution in [-0.4, -0.2) is 29.6 Å². The summed E-state index contributed by atoms with van der Waals surface area (Å²) in [5, 5.41) is 12.8. The van der Waals surface area contributed by atoms with E-state index in [4.69, 9.17) is 10.5 Å². The number of anilines is 3. The first-order valence-electron chi connectivity index (χ1n) is 6.45.